The summed E-state index contributed by atoms with van der Waals surface area (Å²) in [5, 5.41) is 17.3. The molecular formula is C19H16FN5O. The zero-order valence-electron chi connectivity index (χ0n) is 13.9. The fourth-order valence-corrected chi connectivity index (χ4v) is 2.99. The van der Waals surface area contributed by atoms with Gasteiger partial charge in [-0.05, 0) is 42.0 Å². The van der Waals surface area contributed by atoms with Gasteiger partial charge in [0.1, 0.15) is 11.5 Å². The van der Waals surface area contributed by atoms with Gasteiger partial charge in [-0.2, -0.15) is 5.26 Å². The van der Waals surface area contributed by atoms with Crippen LogP contribution in [0.3, 0.4) is 0 Å². The van der Waals surface area contributed by atoms with E-state index >= 15 is 0 Å². The predicted molar refractivity (Wildman–Crippen MR) is 92.7 cm³/mol. The average Bonchev–Trinajstić information content (AvgIpc) is 3.32. The molecule has 4 rings (SSSR count). The molecular weight excluding hydrogens is 333 g/mol. The van der Waals surface area contributed by atoms with Gasteiger partial charge in [0.25, 0.3) is 0 Å². The number of rotatable bonds is 4. The SMILES string of the molecule is N#Cc1ccc(Cn2cc(C3OCCN3c3ccc(F)cc3)nn2)cc1. The number of nitriles is 1. The van der Waals surface area contributed by atoms with E-state index in [1.165, 1.54) is 12.1 Å². The molecule has 0 radical (unpaired) electrons. The molecule has 1 aromatic heterocycles. The van der Waals surface area contributed by atoms with Gasteiger partial charge in [-0.15, -0.1) is 5.10 Å². The van der Waals surface area contributed by atoms with Crippen molar-refractivity contribution >= 4 is 5.69 Å². The summed E-state index contributed by atoms with van der Waals surface area (Å²) in [5.74, 6) is -0.265. The van der Waals surface area contributed by atoms with Gasteiger partial charge in [0.05, 0.1) is 31.0 Å². The third kappa shape index (κ3) is 3.27. The molecule has 1 fully saturated rings. The molecule has 1 saturated heterocycles. The first-order valence-corrected chi connectivity index (χ1v) is 8.26. The van der Waals surface area contributed by atoms with Gasteiger partial charge in [0.15, 0.2) is 6.23 Å². The van der Waals surface area contributed by atoms with Crippen LogP contribution in [0.15, 0.2) is 54.7 Å². The number of benzene rings is 2. The summed E-state index contributed by atoms with van der Waals surface area (Å²) >= 11 is 0. The van der Waals surface area contributed by atoms with Crippen molar-refractivity contribution in [3.05, 3.63) is 77.4 Å². The van der Waals surface area contributed by atoms with E-state index in [4.69, 9.17) is 10.00 Å². The summed E-state index contributed by atoms with van der Waals surface area (Å²) in [4.78, 5) is 2.04. The van der Waals surface area contributed by atoms with Crippen molar-refractivity contribution in [1.82, 2.24) is 15.0 Å². The Morgan fingerprint density at radius 1 is 1.15 bits per heavy atom. The minimum absolute atomic E-state index is 0.265. The first kappa shape index (κ1) is 16.2. The first-order valence-electron chi connectivity index (χ1n) is 8.26. The van der Waals surface area contributed by atoms with Crippen LogP contribution in [0, 0.1) is 17.1 Å². The molecule has 6 nitrogen and oxygen atoms in total. The third-order valence-corrected chi connectivity index (χ3v) is 4.29. The number of ether oxygens (including phenoxy) is 1. The van der Waals surface area contributed by atoms with E-state index in [0.717, 1.165) is 11.3 Å². The molecule has 1 aliphatic heterocycles. The molecule has 0 spiro atoms. The Hall–Kier alpha value is -3.24. The van der Waals surface area contributed by atoms with E-state index in [1.807, 2.05) is 23.2 Å². The van der Waals surface area contributed by atoms with Crippen LogP contribution in [0.1, 0.15) is 23.0 Å². The maximum absolute atomic E-state index is 13.2. The topological polar surface area (TPSA) is 67.0 Å². The minimum Gasteiger partial charge on any atom is -0.350 e. The fraction of sp³-hybridized carbons (Fsp3) is 0.211. The smallest absolute Gasteiger partial charge is 0.177 e. The van der Waals surface area contributed by atoms with Crippen molar-refractivity contribution in [2.24, 2.45) is 0 Å². The van der Waals surface area contributed by atoms with Crippen molar-refractivity contribution < 1.29 is 9.13 Å². The summed E-state index contributed by atoms with van der Waals surface area (Å²) in [7, 11) is 0. The van der Waals surface area contributed by atoms with Crippen LogP contribution in [0.5, 0.6) is 0 Å². The van der Waals surface area contributed by atoms with Crippen LogP contribution in [0.25, 0.3) is 0 Å². The molecule has 7 heteroatoms. The molecule has 0 saturated carbocycles. The fourth-order valence-electron chi connectivity index (χ4n) is 2.99. The highest BCUT2D eigenvalue weighted by atomic mass is 19.1. The largest absolute Gasteiger partial charge is 0.350 e. The second kappa shape index (κ2) is 6.94. The van der Waals surface area contributed by atoms with Gasteiger partial charge < -0.3 is 9.64 Å². The standard InChI is InChI=1S/C19H16FN5O/c20-16-5-7-17(8-6-16)25-9-10-26-19(25)18-13-24(23-22-18)12-15-3-1-14(11-21)2-4-15/h1-8,13,19H,9-10,12H2. The summed E-state index contributed by atoms with van der Waals surface area (Å²) in [6.45, 7) is 1.84. The molecule has 1 unspecified atom stereocenters. The normalized spacial score (nSPS) is 16.6. The summed E-state index contributed by atoms with van der Waals surface area (Å²) in [5.41, 5.74) is 3.25. The molecule has 2 heterocycles. The van der Waals surface area contributed by atoms with Crippen LogP contribution < -0.4 is 4.90 Å². The maximum atomic E-state index is 13.2. The molecule has 0 bridgehead atoms. The van der Waals surface area contributed by atoms with Gasteiger partial charge in [-0.1, -0.05) is 17.3 Å². The number of nitrogens with zero attached hydrogens (tertiary/aromatic N) is 5. The molecule has 1 atom stereocenters. The van der Waals surface area contributed by atoms with E-state index in [0.29, 0.717) is 31.0 Å². The Labute approximate surface area is 150 Å². The van der Waals surface area contributed by atoms with Crippen molar-refractivity contribution in [2.45, 2.75) is 12.8 Å². The van der Waals surface area contributed by atoms with Crippen molar-refractivity contribution in [3.8, 4) is 6.07 Å². The van der Waals surface area contributed by atoms with Gasteiger partial charge in [-0.3, -0.25) is 0 Å². The van der Waals surface area contributed by atoms with E-state index in [1.54, 1.807) is 28.9 Å². The highest BCUT2D eigenvalue weighted by molar-refractivity contribution is 5.48. The second-order valence-electron chi connectivity index (χ2n) is 6.04. The van der Waals surface area contributed by atoms with Crippen molar-refractivity contribution in [3.63, 3.8) is 0 Å². The van der Waals surface area contributed by atoms with Crippen LogP contribution in [-0.4, -0.2) is 28.1 Å². The van der Waals surface area contributed by atoms with E-state index < -0.39 is 0 Å². The Kier molecular flexibility index (Phi) is 4.33. The summed E-state index contributed by atoms with van der Waals surface area (Å²) < 4.78 is 20.7. The van der Waals surface area contributed by atoms with Gasteiger partial charge in [0, 0.05) is 12.2 Å². The number of hydrogen-bond acceptors (Lipinski definition) is 5. The van der Waals surface area contributed by atoms with Gasteiger partial charge in [0.2, 0.25) is 0 Å². The monoisotopic (exact) mass is 349 g/mol. The highest BCUT2D eigenvalue weighted by Crippen LogP contribution is 2.31. The quantitative estimate of drug-likeness (QED) is 0.724. The molecule has 0 aliphatic carbocycles. The number of aromatic nitrogens is 3. The van der Waals surface area contributed by atoms with Crippen LogP contribution in [0.4, 0.5) is 10.1 Å². The lowest BCUT2D eigenvalue weighted by atomic mass is 10.1. The zero-order chi connectivity index (χ0) is 17.9. The summed E-state index contributed by atoms with van der Waals surface area (Å²) in [6.07, 6.45) is 1.51. The Bertz CT molecular complexity index is 930. The molecule has 0 amide bonds. The van der Waals surface area contributed by atoms with Crippen LogP contribution >= 0.6 is 0 Å². The Morgan fingerprint density at radius 2 is 1.92 bits per heavy atom. The lowest BCUT2D eigenvalue weighted by Gasteiger charge is -2.23. The molecule has 3 aromatic rings. The third-order valence-electron chi connectivity index (χ3n) is 4.29. The second-order valence-corrected chi connectivity index (χ2v) is 6.04. The lowest BCUT2D eigenvalue weighted by Crippen LogP contribution is -2.23. The Morgan fingerprint density at radius 3 is 2.65 bits per heavy atom. The van der Waals surface area contributed by atoms with E-state index in [9.17, 15) is 4.39 Å². The molecule has 1 aliphatic rings. The number of halogens is 1. The van der Waals surface area contributed by atoms with E-state index in [-0.39, 0.29) is 12.0 Å². The molecule has 130 valence electrons. The van der Waals surface area contributed by atoms with Gasteiger partial charge >= 0.3 is 0 Å². The van der Waals surface area contributed by atoms with Crippen LogP contribution in [0.2, 0.25) is 0 Å². The van der Waals surface area contributed by atoms with Crippen molar-refractivity contribution in [1.29, 1.82) is 5.26 Å². The maximum Gasteiger partial charge on any atom is 0.177 e. The number of hydrogen-bond donors (Lipinski definition) is 0. The molecule has 2 aromatic carbocycles. The number of anilines is 1. The highest BCUT2D eigenvalue weighted by Gasteiger charge is 2.29. The molecule has 26 heavy (non-hydrogen) atoms. The van der Waals surface area contributed by atoms with Crippen molar-refractivity contribution in [2.75, 3.05) is 18.1 Å². The minimum atomic E-state index is -0.338. The molecule has 0 N–H and O–H groups in total. The van der Waals surface area contributed by atoms with Gasteiger partial charge in [-0.25, -0.2) is 9.07 Å². The van der Waals surface area contributed by atoms with Crippen LogP contribution in [-0.2, 0) is 11.3 Å². The summed E-state index contributed by atoms with van der Waals surface area (Å²) in [6, 6.07) is 15.8. The predicted octanol–water partition coefficient (Wildman–Crippen LogP) is 2.87. The lowest BCUT2D eigenvalue weighted by molar-refractivity contribution is 0.110. The average molecular weight is 349 g/mol. The Balaban J connectivity index is 1.51. The first-order chi connectivity index (χ1) is 12.7. The zero-order valence-corrected chi connectivity index (χ0v) is 13.9. The van der Waals surface area contributed by atoms with E-state index in [2.05, 4.69) is 16.4 Å².